The van der Waals surface area contributed by atoms with Crippen LogP contribution in [-0.2, 0) is 14.3 Å². The average molecular weight is 531 g/mol. The maximum atomic E-state index is 13.5. The zero-order valence-electron chi connectivity index (χ0n) is 21.3. The third kappa shape index (κ3) is 6.42. The predicted molar refractivity (Wildman–Crippen MR) is 139 cm³/mol. The number of halogens is 1. The number of hydrogen-bond donors (Lipinski definition) is 2. The van der Waals surface area contributed by atoms with Crippen molar-refractivity contribution in [1.82, 2.24) is 10.3 Å². The Balaban J connectivity index is 1.27. The molecule has 1 aromatic carbocycles. The molecule has 1 aromatic heterocycles. The lowest BCUT2D eigenvalue weighted by Crippen LogP contribution is -2.48. The SMILES string of the molecule is CC1CC(=O)[C@@H](NC(=O)c2cc(Oc3cccc(F)c3)ccn2)COC2=CC=C(C#CC3(O)COC3)CC=C21. The number of aromatic nitrogens is 1. The molecule has 2 aromatic rings. The molecule has 1 aliphatic carbocycles. The molecule has 200 valence electrons. The quantitative estimate of drug-likeness (QED) is 0.582. The summed E-state index contributed by atoms with van der Waals surface area (Å²) in [6, 6.07) is 7.74. The minimum Gasteiger partial charge on any atom is -0.491 e. The second-order valence-corrected chi connectivity index (χ2v) is 9.71. The van der Waals surface area contributed by atoms with Crippen LogP contribution in [0.1, 0.15) is 30.3 Å². The predicted octanol–water partition coefficient (Wildman–Crippen LogP) is 3.64. The molecule has 2 N–H and O–H groups in total. The molecule has 8 nitrogen and oxygen atoms in total. The first kappa shape index (κ1) is 26.4. The van der Waals surface area contributed by atoms with Gasteiger partial charge in [0.1, 0.15) is 41.4 Å². The first-order valence-electron chi connectivity index (χ1n) is 12.6. The summed E-state index contributed by atoms with van der Waals surface area (Å²) in [5, 5.41) is 12.9. The fraction of sp³-hybridized carbons (Fsp3) is 0.300. The van der Waals surface area contributed by atoms with E-state index in [-0.39, 0.29) is 49.4 Å². The minimum absolute atomic E-state index is 0.0470. The van der Waals surface area contributed by atoms with Crippen LogP contribution in [-0.4, -0.2) is 53.2 Å². The summed E-state index contributed by atoms with van der Waals surface area (Å²) in [5.74, 6) is 5.77. The van der Waals surface area contributed by atoms with E-state index in [1.807, 2.05) is 25.2 Å². The number of aliphatic hydroxyl groups is 1. The van der Waals surface area contributed by atoms with E-state index in [2.05, 4.69) is 22.1 Å². The summed E-state index contributed by atoms with van der Waals surface area (Å²) < 4.78 is 30.2. The summed E-state index contributed by atoms with van der Waals surface area (Å²) in [6.07, 6.45) is 7.80. The van der Waals surface area contributed by atoms with Gasteiger partial charge in [0.15, 0.2) is 11.4 Å². The number of nitrogens with one attached hydrogen (secondary N) is 1. The second-order valence-electron chi connectivity index (χ2n) is 9.71. The van der Waals surface area contributed by atoms with Gasteiger partial charge in [0.2, 0.25) is 0 Å². The largest absolute Gasteiger partial charge is 0.491 e. The third-order valence-corrected chi connectivity index (χ3v) is 6.53. The highest BCUT2D eigenvalue weighted by atomic mass is 19.1. The Morgan fingerprint density at radius 2 is 2.05 bits per heavy atom. The molecule has 2 aliphatic heterocycles. The lowest BCUT2D eigenvalue weighted by molar-refractivity contribution is -0.140. The van der Waals surface area contributed by atoms with Crippen LogP contribution in [0.2, 0.25) is 0 Å². The molecular formula is C30H27FN2O6. The van der Waals surface area contributed by atoms with Crippen molar-refractivity contribution in [1.29, 1.82) is 0 Å². The van der Waals surface area contributed by atoms with Gasteiger partial charge in [0.05, 0.1) is 13.2 Å². The van der Waals surface area contributed by atoms with Crippen LogP contribution < -0.4 is 10.1 Å². The summed E-state index contributed by atoms with van der Waals surface area (Å²) in [7, 11) is 0. The third-order valence-electron chi connectivity index (χ3n) is 6.53. The van der Waals surface area contributed by atoms with E-state index >= 15 is 0 Å². The number of fused-ring (bicyclic) bond motifs is 1. The lowest BCUT2D eigenvalue weighted by Gasteiger charge is -2.30. The van der Waals surface area contributed by atoms with Gasteiger partial charge in [0.25, 0.3) is 5.91 Å². The van der Waals surface area contributed by atoms with Crippen LogP contribution in [0.5, 0.6) is 11.5 Å². The molecular weight excluding hydrogens is 503 g/mol. The topological polar surface area (TPSA) is 107 Å². The number of carbonyl (C=O) groups excluding carboxylic acids is 2. The summed E-state index contributed by atoms with van der Waals surface area (Å²) in [5.41, 5.74) is 0.651. The summed E-state index contributed by atoms with van der Waals surface area (Å²) in [6.45, 7) is 2.28. The first-order valence-corrected chi connectivity index (χ1v) is 12.6. The Bertz CT molecular complexity index is 1450. The van der Waals surface area contributed by atoms with Gasteiger partial charge in [-0.25, -0.2) is 4.39 Å². The van der Waals surface area contributed by atoms with Gasteiger partial charge in [-0.2, -0.15) is 0 Å². The van der Waals surface area contributed by atoms with Gasteiger partial charge in [-0.05, 0) is 48.3 Å². The number of allylic oxidation sites excluding steroid dienone is 5. The Morgan fingerprint density at radius 3 is 2.82 bits per heavy atom. The van der Waals surface area contributed by atoms with E-state index in [1.54, 1.807) is 12.1 Å². The first-order chi connectivity index (χ1) is 18.8. The van der Waals surface area contributed by atoms with Crippen molar-refractivity contribution in [3.63, 3.8) is 0 Å². The number of Topliss-reactive ketones (excluding diaryl/α,β-unsaturated/α-hetero) is 1. The van der Waals surface area contributed by atoms with Crippen molar-refractivity contribution >= 4 is 11.7 Å². The van der Waals surface area contributed by atoms with E-state index in [4.69, 9.17) is 14.2 Å². The highest BCUT2D eigenvalue weighted by molar-refractivity contribution is 5.97. The number of pyridine rings is 1. The van der Waals surface area contributed by atoms with Crippen molar-refractivity contribution in [2.24, 2.45) is 5.92 Å². The van der Waals surface area contributed by atoms with E-state index < -0.39 is 23.4 Å². The Kier molecular flexibility index (Phi) is 7.59. The number of ketones is 1. The molecule has 1 amide bonds. The molecule has 3 heterocycles. The van der Waals surface area contributed by atoms with Crippen LogP contribution in [0.15, 0.2) is 77.7 Å². The number of carbonyl (C=O) groups is 2. The van der Waals surface area contributed by atoms with E-state index in [0.29, 0.717) is 17.9 Å². The van der Waals surface area contributed by atoms with Crippen molar-refractivity contribution in [2.75, 3.05) is 19.8 Å². The van der Waals surface area contributed by atoms with Crippen molar-refractivity contribution in [3.05, 3.63) is 89.2 Å². The Morgan fingerprint density at radius 1 is 1.23 bits per heavy atom. The number of rotatable bonds is 4. The highest BCUT2D eigenvalue weighted by Gasteiger charge is 2.34. The van der Waals surface area contributed by atoms with Crippen molar-refractivity contribution < 1.29 is 33.3 Å². The standard InChI is InChI=1S/C30H27FN2O6/c1-19-13-27(34)26(16-38-28-8-6-20(5-7-24(19)28)9-11-30(36)17-37-18-30)33-29(35)25-15-23(10-12-32-25)39-22-4-2-3-21(31)14-22/h2-4,6-8,10,12,14-15,19,26,36H,5,13,16-18H2,1H3,(H,33,35)/t19?,26-/m0/s1. The minimum atomic E-state index is -1.10. The lowest BCUT2D eigenvalue weighted by atomic mass is 9.90. The molecule has 3 aliphatic rings. The van der Waals surface area contributed by atoms with Crippen LogP contribution in [0.25, 0.3) is 0 Å². The summed E-state index contributed by atoms with van der Waals surface area (Å²) in [4.78, 5) is 30.1. The molecule has 2 fully saturated rings. The number of hydrogen-bond acceptors (Lipinski definition) is 7. The van der Waals surface area contributed by atoms with Crippen LogP contribution in [0, 0.1) is 23.6 Å². The van der Waals surface area contributed by atoms with Gasteiger partial charge < -0.3 is 24.6 Å². The molecule has 2 atom stereocenters. The number of amides is 1. The van der Waals surface area contributed by atoms with Gasteiger partial charge >= 0.3 is 0 Å². The smallest absolute Gasteiger partial charge is 0.270 e. The molecule has 0 spiro atoms. The maximum absolute atomic E-state index is 13.5. The Hall–Kier alpha value is -4.26. The molecule has 9 heteroatoms. The molecule has 0 saturated carbocycles. The molecule has 1 unspecified atom stereocenters. The fourth-order valence-corrected chi connectivity index (χ4v) is 4.33. The van der Waals surface area contributed by atoms with Crippen LogP contribution in [0.4, 0.5) is 4.39 Å². The second kappa shape index (κ2) is 11.2. The molecule has 0 bridgehead atoms. The van der Waals surface area contributed by atoms with E-state index in [1.165, 1.54) is 30.5 Å². The summed E-state index contributed by atoms with van der Waals surface area (Å²) >= 11 is 0. The Labute approximate surface area is 225 Å². The van der Waals surface area contributed by atoms with Crippen molar-refractivity contribution in [2.45, 2.75) is 31.4 Å². The van der Waals surface area contributed by atoms with Gasteiger partial charge in [-0.15, -0.1) is 0 Å². The molecule has 5 rings (SSSR count). The highest BCUT2D eigenvalue weighted by Crippen LogP contribution is 2.30. The zero-order valence-corrected chi connectivity index (χ0v) is 21.3. The normalized spacial score (nSPS) is 21.9. The van der Waals surface area contributed by atoms with Crippen LogP contribution >= 0.6 is 0 Å². The maximum Gasteiger partial charge on any atom is 0.270 e. The fourth-order valence-electron chi connectivity index (χ4n) is 4.33. The van der Waals surface area contributed by atoms with Gasteiger partial charge in [-0.1, -0.05) is 30.9 Å². The molecule has 39 heavy (non-hydrogen) atoms. The number of ether oxygens (including phenoxy) is 3. The van der Waals surface area contributed by atoms with Crippen LogP contribution in [0.3, 0.4) is 0 Å². The molecule has 0 radical (unpaired) electrons. The monoisotopic (exact) mass is 530 g/mol. The van der Waals surface area contributed by atoms with Gasteiger partial charge in [0, 0.05) is 30.3 Å². The number of benzene rings is 1. The number of nitrogens with zero attached hydrogens (tertiary/aromatic N) is 1. The van der Waals surface area contributed by atoms with Gasteiger partial charge in [-0.3, -0.25) is 14.6 Å². The van der Waals surface area contributed by atoms with E-state index in [0.717, 1.165) is 11.1 Å². The van der Waals surface area contributed by atoms with E-state index in [9.17, 15) is 19.1 Å². The molecule has 2 saturated heterocycles. The van der Waals surface area contributed by atoms with Crippen molar-refractivity contribution in [3.8, 4) is 23.3 Å². The average Bonchev–Trinajstić information content (AvgIpc) is 3.10. The zero-order chi connectivity index (χ0) is 27.4.